The first kappa shape index (κ1) is 64.3. The van der Waals surface area contributed by atoms with Gasteiger partial charge in [0, 0.05) is 56.0 Å². The second-order valence-electron chi connectivity index (χ2n) is 35.7. The zero-order valence-electron chi connectivity index (χ0n) is 61.1. The van der Waals surface area contributed by atoms with Crippen LogP contribution in [0.4, 0.5) is 51.2 Å². The maximum atomic E-state index is 7.94. The summed E-state index contributed by atoms with van der Waals surface area (Å²) >= 11 is 0. The number of benzene rings is 9. The lowest BCUT2D eigenvalue weighted by Gasteiger charge is -2.45. The van der Waals surface area contributed by atoms with E-state index >= 15 is 0 Å². The van der Waals surface area contributed by atoms with Crippen molar-refractivity contribution in [2.75, 3.05) is 14.7 Å². The van der Waals surface area contributed by atoms with E-state index in [-0.39, 0.29) is 55.4 Å². The molecule has 0 saturated carbocycles. The summed E-state index contributed by atoms with van der Waals surface area (Å²) < 4.78 is 7.94. The highest BCUT2D eigenvalue weighted by Crippen LogP contribution is 2.56. The monoisotopic (exact) mass is 1250 g/mol. The van der Waals surface area contributed by atoms with Gasteiger partial charge in [-0.1, -0.05) is 255 Å². The Kier molecular flexibility index (Phi) is 14.7. The van der Waals surface area contributed by atoms with Gasteiger partial charge in [0.25, 0.3) is 6.71 Å². The number of rotatable bonds is 9. The molecule has 4 aliphatic rings. The van der Waals surface area contributed by atoms with Crippen molar-refractivity contribution in [3.05, 3.63) is 249 Å². The highest BCUT2D eigenvalue weighted by atomic mass is 16.3. The standard InChI is InChI=1S/C90H102BN3O/c1-82(2,3)61-36-43-75-74(51-61)91-79-76(93(75)67-49-62(83(4,5)6)48-63(50-67)84(7,8)9)53-68(92(64-37-32-59(33-38-64)89(18,19)57-28-24-22-25-29-57)65-39-34-60(35-40-65)90(20,21)58-30-26-23-27-31-58)54-77(79)94(66-41-42-70-71(52-66)86(12,13)45-44-85(70,10)11)80-69-55-72-73(56-78(69)95-81(80)91)88(16,17)47-46-87(72,14)15/h22-43,48-56H,44-47H2,1-21H3. The molecule has 95 heavy (non-hydrogen) atoms. The highest BCUT2D eigenvalue weighted by molar-refractivity contribution is 7.00. The van der Waals surface area contributed by atoms with Crippen molar-refractivity contribution in [3.63, 3.8) is 0 Å². The first-order valence-corrected chi connectivity index (χ1v) is 35.4. The third-order valence-electron chi connectivity index (χ3n) is 23.4. The zero-order valence-corrected chi connectivity index (χ0v) is 61.1. The SMILES string of the molecule is CC(C)(C)c1cc(N2c3ccc(C(C)(C)C)cc3B3c4oc5cc6c(cc5c4N(c4ccc5c(c4)C(C)(C)CCC5(C)C)c4cc(N(c5ccc(C(C)(C)c7ccccc7)cc5)c5ccc(C(C)(C)c7ccccc7)cc5)cc2c43)C(C)(C)CCC6(C)C)cc(C(C)(C)C)c1. The van der Waals surface area contributed by atoms with Crippen LogP contribution in [0.25, 0.3) is 11.0 Å². The van der Waals surface area contributed by atoms with Crippen LogP contribution in [0.2, 0.25) is 0 Å². The number of fused-ring (bicyclic) bond motifs is 8. The summed E-state index contributed by atoms with van der Waals surface area (Å²) in [6.07, 6.45) is 4.50. The van der Waals surface area contributed by atoms with Gasteiger partial charge < -0.3 is 19.1 Å². The molecule has 0 fully saturated rings. The fourth-order valence-corrected chi connectivity index (χ4v) is 16.5. The van der Waals surface area contributed by atoms with Gasteiger partial charge in [-0.25, -0.2) is 0 Å². The first-order valence-electron chi connectivity index (χ1n) is 35.4. The van der Waals surface area contributed by atoms with Gasteiger partial charge in [-0.3, -0.25) is 0 Å². The summed E-state index contributed by atoms with van der Waals surface area (Å²) in [5.74, 6) is 0. The topological polar surface area (TPSA) is 22.9 Å². The molecule has 4 nitrogen and oxygen atoms in total. The van der Waals surface area contributed by atoms with Crippen LogP contribution < -0.4 is 31.3 Å². The van der Waals surface area contributed by atoms with Gasteiger partial charge in [-0.05, 0) is 215 Å². The largest absolute Gasteiger partial charge is 0.468 e. The van der Waals surface area contributed by atoms with E-state index in [1.165, 1.54) is 83.2 Å². The molecular weight excluding hydrogens is 1150 g/mol. The second-order valence-corrected chi connectivity index (χ2v) is 35.7. The van der Waals surface area contributed by atoms with Crippen LogP contribution in [0.1, 0.15) is 232 Å². The van der Waals surface area contributed by atoms with Gasteiger partial charge in [0.05, 0.1) is 17.0 Å². The molecule has 0 spiro atoms. The van der Waals surface area contributed by atoms with Gasteiger partial charge in [0.1, 0.15) is 5.58 Å². The van der Waals surface area contributed by atoms with Crippen molar-refractivity contribution >= 4 is 85.5 Å². The van der Waals surface area contributed by atoms with Crippen molar-refractivity contribution in [2.24, 2.45) is 0 Å². The van der Waals surface area contributed by atoms with Crippen LogP contribution in [-0.2, 0) is 48.7 Å². The Morgan fingerprint density at radius 1 is 0.358 bits per heavy atom. The number of anilines is 9. The molecule has 0 radical (unpaired) electrons. The molecule has 2 aliphatic heterocycles. The number of hydrogen-bond donors (Lipinski definition) is 0. The summed E-state index contributed by atoms with van der Waals surface area (Å²) in [6, 6.07) is 73.6. The van der Waals surface area contributed by atoms with Crippen LogP contribution in [0.5, 0.6) is 0 Å². The highest BCUT2D eigenvalue weighted by Gasteiger charge is 2.50. The minimum atomic E-state index is -0.257. The smallest absolute Gasteiger partial charge is 0.297 e. The van der Waals surface area contributed by atoms with E-state index in [1.54, 1.807) is 0 Å². The summed E-state index contributed by atoms with van der Waals surface area (Å²) in [4.78, 5) is 7.89. The fourth-order valence-electron chi connectivity index (χ4n) is 16.5. The van der Waals surface area contributed by atoms with Crippen LogP contribution in [0, 0.1) is 0 Å². The van der Waals surface area contributed by atoms with Crippen molar-refractivity contribution in [2.45, 2.75) is 220 Å². The molecule has 2 aliphatic carbocycles. The quantitative estimate of drug-likeness (QED) is 0.134. The zero-order chi connectivity index (χ0) is 67.7. The van der Waals surface area contributed by atoms with Crippen LogP contribution in [0.3, 0.4) is 0 Å². The molecule has 3 heterocycles. The predicted octanol–water partition coefficient (Wildman–Crippen LogP) is 23.2. The molecule has 0 N–H and O–H groups in total. The minimum Gasteiger partial charge on any atom is -0.468 e. The van der Waals surface area contributed by atoms with E-state index in [2.05, 4.69) is 348 Å². The van der Waals surface area contributed by atoms with E-state index in [0.29, 0.717) is 0 Å². The van der Waals surface area contributed by atoms with Gasteiger partial charge in [-0.2, -0.15) is 0 Å². The van der Waals surface area contributed by atoms with Crippen molar-refractivity contribution in [3.8, 4) is 0 Å². The van der Waals surface area contributed by atoms with Crippen LogP contribution in [0.15, 0.2) is 192 Å². The molecular formula is C90H102BN3O. The number of nitrogens with zero attached hydrogens (tertiary/aromatic N) is 3. The lowest BCUT2D eigenvalue weighted by Crippen LogP contribution is -2.61. The maximum Gasteiger partial charge on any atom is 0.297 e. The van der Waals surface area contributed by atoms with Gasteiger partial charge >= 0.3 is 0 Å². The predicted molar refractivity (Wildman–Crippen MR) is 409 cm³/mol. The Morgan fingerprint density at radius 3 is 1.27 bits per heavy atom. The Hall–Kier alpha value is -8.02. The maximum absolute atomic E-state index is 7.94. The van der Waals surface area contributed by atoms with Crippen molar-refractivity contribution in [1.29, 1.82) is 0 Å². The Bertz CT molecular complexity index is 4520. The number of furan rings is 1. The lowest BCUT2D eigenvalue weighted by molar-refractivity contribution is 0.332. The molecule has 5 heteroatoms. The minimum absolute atomic E-state index is 0.0184. The normalized spacial score (nSPS) is 17.0. The van der Waals surface area contributed by atoms with Crippen LogP contribution >= 0.6 is 0 Å². The molecule has 0 atom stereocenters. The van der Waals surface area contributed by atoms with E-state index in [0.717, 1.165) is 82.4 Å². The van der Waals surface area contributed by atoms with Gasteiger partial charge in [0.2, 0.25) is 0 Å². The van der Waals surface area contributed by atoms with Crippen LogP contribution in [-0.4, -0.2) is 6.71 Å². The van der Waals surface area contributed by atoms with E-state index < -0.39 is 0 Å². The molecule has 14 rings (SSSR count). The summed E-state index contributed by atoms with van der Waals surface area (Å²) in [5, 5.41) is 1.17. The molecule has 10 aromatic rings. The summed E-state index contributed by atoms with van der Waals surface area (Å²) in [7, 11) is 0. The van der Waals surface area contributed by atoms with Gasteiger partial charge in [-0.15, -0.1) is 0 Å². The van der Waals surface area contributed by atoms with Crippen molar-refractivity contribution in [1.82, 2.24) is 0 Å². The third-order valence-corrected chi connectivity index (χ3v) is 23.4. The van der Waals surface area contributed by atoms with Gasteiger partial charge in [0.15, 0.2) is 0 Å². The average Bonchev–Trinajstić information content (AvgIpc) is 1.66. The third kappa shape index (κ3) is 10.7. The first-order chi connectivity index (χ1) is 44.5. The molecule has 0 bridgehead atoms. The molecule has 9 aromatic carbocycles. The molecule has 1 aromatic heterocycles. The van der Waals surface area contributed by atoms with Crippen molar-refractivity contribution < 1.29 is 4.42 Å². The summed E-state index contributed by atoms with van der Waals surface area (Å²) in [6.45, 7) is 50.2. The average molecular weight is 1250 g/mol. The molecule has 0 unspecified atom stereocenters. The second kappa shape index (κ2) is 21.7. The van der Waals surface area contributed by atoms with E-state index in [1.807, 2.05) is 0 Å². The van der Waals surface area contributed by atoms with E-state index in [4.69, 9.17) is 4.42 Å². The number of hydrogen-bond acceptors (Lipinski definition) is 4. The Labute approximate surface area is 570 Å². The van der Waals surface area contributed by atoms with E-state index in [9.17, 15) is 0 Å². The molecule has 486 valence electrons. The molecule has 0 amide bonds. The summed E-state index contributed by atoms with van der Waals surface area (Å²) in [5.41, 5.74) is 28.5. The lowest BCUT2D eigenvalue weighted by atomic mass is 9.35. The molecule has 0 saturated heterocycles. The Morgan fingerprint density at radius 2 is 0.789 bits per heavy atom. The fraction of sp³-hybridized carbons (Fsp3) is 0.378. The Balaban J connectivity index is 1.13.